The summed E-state index contributed by atoms with van der Waals surface area (Å²) in [6, 6.07) is 7.79. The first-order valence-electron chi connectivity index (χ1n) is 4.92. The van der Waals surface area contributed by atoms with Gasteiger partial charge in [0.1, 0.15) is 5.75 Å². The molecule has 2 rings (SSSR count). The maximum Gasteiger partial charge on any atom is 0.416 e. The van der Waals surface area contributed by atoms with Gasteiger partial charge in [-0.3, -0.25) is 0 Å². The van der Waals surface area contributed by atoms with Gasteiger partial charge in [0.05, 0.1) is 5.56 Å². The number of hydrogen-bond acceptors (Lipinski definition) is 2. The summed E-state index contributed by atoms with van der Waals surface area (Å²) in [5.41, 5.74) is -0.710. The Morgan fingerprint density at radius 3 is 2.17 bits per heavy atom. The van der Waals surface area contributed by atoms with Crippen LogP contribution in [0.1, 0.15) is 5.56 Å². The van der Waals surface area contributed by atoms with E-state index in [1.807, 2.05) is 0 Å². The van der Waals surface area contributed by atoms with Crippen molar-refractivity contribution in [3.8, 4) is 11.6 Å². The quantitative estimate of drug-likeness (QED) is 0.804. The molecule has 2 aromatic rings. The van der Waals surface area contributed by atoms with E-state index in [4.69, 9.17) is 4.74 Å². The van der Waals surface area contributed by atoms with Gasteiger partial charge >= 0.3 is 6.18 Å². The molecular weight excluding hydrogens is 311 g/mol. The third-order valence-corrected chi connectivity index (χ3v) is 2.57. The number of hydrogen-bond donors (Lipinski definition) is 0. The molecule has 0 spiro atoms. The van der Waals surface area contributed by atoms with E-state index in [0.29, 0.717) is 11.6 Å². The van der Waals surface area contributed by atoms with Crippen LogP contribution in [0.2, 0.25) is 0 Å². The van der Waals surface area contributed by atoms with Gasteiger partial charge < -0.3 is 4.74 Å². The second kappa shape index (κ2) is 4.97. The van der Waals surface area contributed by atoms with Crippen molar-refractivity contribution >= 4 is 15.9 Å². The minimum Gasteiger partial charge on any atom is -0.439 e. The lowest BCUT2D eigenvalue weighted by atomic mass is 10.2. The van der Waals surface area contributed by atoms with E-state index in [9.17, 15) is 13.2 Å². The van der Waals surface area contributed by atoms with Crippen LogP contribution < -0.4 is 4.74 Å². The molecule has 1 heterocycles. The molecule has 0 aliphatic heterocycles. The summed E-state index contributed by atoms with van der Waals surface area (Å²) < 4.78 is 43.1. The third-order valence-electron chi connectivity index (χ3n) is 2.10. The van der Waals surface area contributed by atoms with E-state index in [1.54, 1.807) is 18.3 Å². The SMILES string of the molecule is FC(F)(F)c1ccc(Oc2ccc(Br)cn2)cc1. The van der Waals surface area contributed by atoms with Gasteiger partial charge in [-0.05, 0) is 46.3 Å². The molecule has 0 unspecified atom stereocenters. The number of benzene rings is 1. The lowest BCUT2D eigenvalue weighted by molar-refractivity contribution is -0.137. The molecule has 0 saturated carbocycles. The number of alkyl halides is 3. The van der Waals surface area contributed by atoms with Gasteiger partial charge in [0.25, 0.3) is 0 Å². The van der Waals surface area contributed by atoms with Crippen LogP contribution in [-0.2, 0) is 6.18 Å². The average molecular weight is 318 g/mol. The first-order chi connectivity index (χ1) is 8.45. The average Bonchev–Trinajstić information content (AvgIpc) is 2.32. The zero-order chi connectivity index (χ0) is 13.2. The highest BCUT2D eigenvalue weighted by molar-refractivity contribution is 9.10. The Morgan fingerprint density at radius 2 is 1.67 bits per heavy atom. The number of aromatic nitrogens is 1. The molecule has 0 fully saturated rings. The van der Waals surface area contributed by atoms with Crippen molar-refractivity contribution in [2.45, 2.75) is 6.18 Å². The van der Waals surface area contributed by atoms with Crippen molar-refractivity contribution in [2.75, 3.05) is 0 Å². The minimum absolute atomic E-state index is 0.304. The lowest BCUT2D eigenvalue weighted by Gasteiger charge is -2.08. The number of halogens is 4. The van der Waals surface area contributed by atoms with Gasteiger partial charge in [-0.2, -0.15) is 13.2 Å². The molecule has 0 N–H and O–H groups in total. The minimum atomic E-state index is -4.34. The summed E-state index contributed by atoms with van der Waals surface area (Å²) in [4.78, 5) is 3.95. The normalized spacial score (nSPS) is 11.3. The van der Waals surface area contributed by atoms with Gasteiger partial charge in [-0.15, -0.1) is 0 Å². The third kappa shape index (κ3) is 3.22. The van der Waals surface area contributed by atoms with E-state index in [0.717, 1.165) is 16.6 Å². The molecule has 0 amide bonds. The van der Waals surface area contributed by atoms with Crippen LogP contribution in [-0.4, -0.2) is 4.98 Å². The molecule has 1 aromatic carbocycles. The fraction of sp³-hybridized carbons (Fsp3) is 0.0833. The van der Waals surface area contributed by atoms with Crippen LogP contribution in [0.15, 0.2) is 47.1 Å². The summed E-state index contributed by atoms with van der Waals surface area (Å²) in [6.45, 7) is 0. The van der Waals surface area contributed by atoms with Gasteiger partial charge in [0, 0.05) is 16.7 Å². The maximum atomic E-state index is 12.3. The van der Waals surface area contributed by atoms with Crippen LogP contribution in [0.25, 0.3) is 0 Å². The number of rotatable bonds is 2. The highest BCUT2D eigenvalue weighted by atomic mass is 79.9. The van der Waals surface area contributed by atoms with Crippen LogP contribution in [0, 0.1) is 0 Å². The maximum absolute atomic E-state index is 12.3. The van der Waals surface area contributed by atoms with Crippen molar-refractivity contribution in [1.82, 2.24) is 4.98 Å². The van der Waals surface area contributed by atoms with Crippen molar-refractivity contribution in [3.05, 3.63) is 52.6 Å². The number of pyridine rings is 1. The summed E-state index contributed by atoms with van der Waals surface area (Å²) >= 11 is 3.22. The zero-order valence-corrected chi connectivity index (χ0v) is 10.5. The summed E-state index contributed by atoms with van der Waals surface area (Å²) in [5.74, 6) is 0.621. The Labute approximate surface area is 110 Å². The molecule has 0 saturated heterocycles. The number of nitrogens with zero attached hydrogens (tertiary/aromatic N) is 1. The van der Waals surface area contributed by atoms with Crippen molar-refractivity contribution in [3.63, 3.8) is 0 Å². The molecule has 94 valence electrons. The monoisotopic (exact) mass is 317 g/mol. The fourth-order valence-electron chi connectivity index (χ4n) is 1.26. The fourth-order valence-corrected chi connectivity index (χ4v) is 1.49. The van der Waals surface area contributed by atoms with Gasteiger partial charge in [0.2, 0.25) is 5.88 Å². The Morgan fingerprint density at radius 1 is 1.00 bits per heavy atom. The Hall–Kier alpha value is -1.56. The summed E-state index contributed by atoms with van der Waals surface area (Å²) in [6.07, 6.45) is -2.80. The molecule has 6 heteroatoms. The molecule has 0 bridgehead atoms. The van der Waals surface area contributed by atoms with E-state index in [1.165, 1.54) is 12.1 Å². The van der Waals surface area contributed by atoms with Crippen LogP contribution >= 0.6 is 15.9 Å². The second-order valence-corrected chi connectivity index (χ2v) is 4.35. The smallest absolute Gasteiger partial charge is 0.416 e. The molecule has 1 aromatic heterocycles. The van der Waals surface area contributed by atoms with Crippen LogP contribution in [0.3, 0.4) is 0 Å². The van der Waals surface area contributed by atoms with E-state index >= 15 is 0 Å². The van der Waals surface area contributed by atoms with Gasteiger partial charge in [-0.1, -0.05) is 0 Å². The van der Waals surface area contributed by atoms with E-state index in [-0.39, 0.29) is 0 Å². The molecule has 0 atom stereocenters. The second-order valence-electron chi connectivity index (χ2n) is 3.44. The topological polar surface area (TPSA) is 22.1 Å². The first kappa shape index (κ1) is 12.9. The van der Waals surface area contributed by atoms with Crippen LogP contribution in [0.4, 0.5) is 13.2 Å². The molecule has 18 heavy (non-hydrogen) atoms. The first-order valence-corrected chi connectivity index (χ1v) is 5.71. The lowest BCUT2D eigenvalue weighted by Crippen LogP contribution is -2.04. The molecule has 0 aliphatic rings. The molecule has 0 aliphatic carbocycles. The van der Waals surface area contributed by atoms with Gasteiger partial charge in [0.15, 0.2) is 0 Å². The Kier molecular flexibility index (Phi) is 3.56. The molecule has 0 radical (unpaired) electrons. The predicted molar refractivity (Wildman–Crippen MR) is 63.5 cm³/mol. The van der Waals surface area contributed by atoms with Crippen molar-refractivity contribution in [1.29, 1.82) is 0 Å². The standard InChI is InChI=1S/C12H7BrF3NO/c13-9-3-6-11(17-7-9)18-10-4-1-8(2-5-10)12(14,15)16/h1-7H. The van der Waals surface area contributed by atoms with Crippen molar-refractivity contribution < 1.29 is 17.9 Å². The van der Waals surface area contributed by atoms with Crippen LogP contribution in [0.5, 0.6) is 11.6 Å². The zero-order valence-electron chi connectivity index (χ0n) is 8.91. The molecule has 2 nitrogen and oxygen atoms in total. The van der Waals surface area contributed by atoms with Gasteiger partial charge in [-0.25, -0.2) is 4.98 Å². The largest absolute Gasteiger partial charge is 0.439 e. The molecular formula is C12H7BrF3NO. The highest BCUT2D eigenvalue weighted by Gasteiger charge is 2.30. The van der Waals surface area contributed by atoms with E-state index in [2.05, 4.69) is 20.9 Å². The highest BCUT2D eigenvalue weighted by Crippen LogP contribution is 2.31. The summed E-state index contributed by atoms with van der Waals surface area (Å²) in [7, 11) is 0. The van der Waals surface area contributed by atoms with E-state index < -0.39 is 11.7 Å². The predicted octanol–water partition coefficient (Wildman–Crippen LogP) is 4.66. The van der Waals surface area contributed by atoms with Crippen molar-refractivity contribution in [2.24, 2.45) is 0 Å². The Balaban J connectivity index is 2.13. The summed E-state index contributed by atoms with van der Waals surface area (Å²) in [5, 5.41) is 0. The number of ether oxygens (including phenoxy) is 1. The Bertz CT molecular complexity index is 523.